The number of hydrogen-bond donors (Lipinski definition) is 1. The van der Waals surface area contributed by atoms with Gasteiger partial charge in [-0.3, -0.25) is 0 Å². The summed E-state index contributed by atoms with van der Waals surface area (Å²) in [5.41, 5.74) is 5.77. The van der Waals surface area contributed by atoms with E-state index in [-0.39, 0.29) is 0 Å². The number of fused-ring (bicyclic) bond motifs is 1. The molecule has 1 aliphatic carbocycles. The van der Waals surface area contributed by atoms with Crippen LogP contribution in [0, 0.1) is 13.8 Å². The van der Waals surface area contributed by atoms with Crippen molar-refractivity contribution in [3.05, 3.63) is 56.3 Å². The first kappa shape index (κ1) is 14.8. The van der Waals surface area contributed by atoms with E-state index in [4.69, 9.17) is 0 Å². The van der Waals surface area contributed by atoms with Gasteiger partial charge < -0.3 is 5.32 Å². The van der Waals surface area contributed by atoms with Crippen molar-refractivity contribution in [3.63, 3.8) is 0 Å². The molecule has 3 rings (SSSR count). The average molecular weight is 299 g/mol. The fourth-order valence-electron chi connectivity index (χ4n) is 3.19. The van der Waals surface area contributed by atoms with E-state index < -0.39 is 0 Å². The smallest absolute Gasteiger partial charge is 0.0671 e. The Morgan fingerprint density at radius 1 is 1.10 bits per heavy atom. The summed E-state index contributed by atoms with van der Waals surface area (Å²) in [5, 5.41) is 3.68. The number of rotatable bonds is 4. The largest absolute Gasteiger partial charge is 0.306 e. The van der Waals surface area contributed by atoms with Crippen LogP contribution < -0.4 is 5.32 Å². The fraction of sp³-hybridized carbons (Fsp3) is 0.474. The van der Waals surface area contributed by atoms with Crippen LogP contribution in [-0.4, -0.2) is 6.54 Å². The molecule has 1 N–H and O–H groups in total. The van der Waals surface area contributed by atoms with Gasteiger partial charge in [-0.1, -0.05) is 25.1 Å². The van der Waals surface area contributed by atoms with Gasteiger partial charge in [0.1, 0.15) is 0 Å². The molecule has 0 radical (unpaired) electrons. The minimum Gasteiger partial charge on any atom is -0.306 e. The Labute approximate surface area is 132 Å². The fourth-order valence-corrected chi connectivity index (χ4v) is 4.55. The van der Waals surface area contributed by atoms with Crippen LogP contribution in [0.4, 0.5) is 0 Å². The molecule has 21 heavy (non-hydrogen) atoms. The Morgan fingerprint density at radius 2 is 1.90 bits per heavy atom. The molecule has 1 aromatic carbocycles. The monoisotopic (exact) mass is 299 g/mol. The Morgan fingerprint density at radius 3 is 2.62 bits per heavy atom. The van der Waals surface area contributed by atoms with Gasteiger partial charge >= 0.3 is 0 Å². The first-order chi connectivity index (χ1) is 10.2. The lowest BCUT2D eigenvalue weighted by Gasteiger charge is -2.18. The Bertz CT molecular complexity index is 603. The quantitative estimate of drug-likeness (QED) is 0.843. The van der Waals surface area contributed by atoms with Crippen molar-refractivity contribution in [2.75, 3.05) is 6.54 Å². The van der Waals surface area contributed by atoms with E-state index in [1.807, 2.05) is 11.3 Å². The normalized spacial score (nSPS) is 15.8. The molecular formula is C19H25NS. The lowest BCUT2D eigenvalue weighted by Crippen LogP contribution is -2.21. The Hall–Kier alpha value is -1.12. The van der Waals surface area contributed by atoms with E-state index in [9.17, 15) is 0 Å². The second-order valence-electron chi connectivity index (χ2n) is 6.14. The van der Waals surface area contributed by atoms with Crippen LogP contribution in [-0.2, 0) is 12.8 Å². The van der Waals surface area contributed by atoms with Crippen molar-refractivity contribution in [2.45, 2.75) is 52.5 Å². The van der Waals surface area contributed by atoms with E-state index in [1.165, 1.54) is 47.3 Å². The van der Waals surface area contributed by atoms with Gasteiger partial charge in [0.2, 0.25) is 0 Å². The first-order valence-corrected chi connectivity index (χ1v) is 8.92. The zero-order valence-corrected chi connectivity index (χ0v) is 14.1. The highest BCUT2D eigenvalue weighted by molar-refractivity contribution is 7.12. The molecule has 1 atom stereocenters. The van der Waals surface area contributed by atoms with Gasteiger partial charge in [0.25, 0.3) is 0 Å². The van der Waals surface area contributed by atoms with Crippen LogP contribution in [0.15, 0.2) is 24.3 Å². The van der Waals surface area contributed by atoms with Crippen molar-refractivity contribution in [1.29, 1.82) is 0 Å². The van der Waals surface area contributed by atoms with Gasteiger partial charge in [0, 0.05) is 9.75 Å². The van der Waals surface area contributed by atoms with E-state index in [2.05, 4.69) is 50.4 Å². The minimum absolute atomic E-state index is 0.352. The maximum absolute atomic E-state index is 3.68. The SMILES string of the molecule is CCNC(c1ccc(C)c(C)c1)c1cc2c(s1)CCCC2. The van der Waals surface area contributed by atoms with Crippen LogP contribution in [0.2, 0.25) is 0 Å². The number of hydrogen-bond acceptors (Lipinski definition) is 2. The lowest BCUT2D eigenvalue weighted by atomic mass is 9.96. The summed E-state index contributed by atoms with van der Waals surface area (Å²) >= 11 is 2.03. The highest BCUT2D eigenvalue weighted by Gasteiger charge is 2.20. The van der Waals surface area contributed by atoms with Crippen LogP contribution in [0.5, 0.6) is 0 Å². The Kier molecular flexibility index (Phi) is 4.46. The topological polar surface area (TPSA) is 12.0 Å². The molecular weight excluding hydrogens is 274 g/mol. The summed E-state index contributed by atoms with van der Waals surface area (Å²) in [5.74, 6) is 0. The molecule has 0 aliphatic heterocycles. The number of thiophene rings is 1. The van der Waals surface area contributed by atoms with Gasteiger partial charge in [-0.25, -0.2) is 0 Å². The zero-order chi connectivity index (χ0) is 14.8. The molecule has 112 valence electrons. The van der Waals surface area contributed by atoms with Crippen molar-refractivity contribution in [3.8, 4) is 0 Å². The zero-order valence-electron chi connectivity index (χ0n) is 13.3. The number of benzene rings is 1. The van der Waals surface area contributed by atoms with Gasteiger partial charge in [-0.05, 0) is 74.4 Å². The second kappa shape index (κ2) is 6.33. The number of nitrogens with one attached hydrogen (secondary N) is 1. The average Bonchev–Trinajstić information content (AvgIpc) is 2.91. The van der Waals surface area contributed by atoms with Crippen LogP contribution in [0.25, 0.3) is 0 Å². The summed E-state index contributed by atoms with van der Waals surface area (Å²) in [6, 6.07) is 9.70. The molecule has 0 bridgehead atoms. The first-order valence-electron chi connectivity index (χ1n) is 8.11. The predicted molar refractivity (Wildman–Crippen MR) is 92.4 cm³/mol. The van der Waals surface area contributed by atoms with Crippen LogP contribution in [0.3, 0.4) is 0 Å². The van der Waals surface area contributed by atoms with E-state index in [0.717, 1.165) is 6.54 Å². The molecule has 1 unspecified atom stereocenters. The lowest BCUT2D eigenvalue weighted by molar-refractivity contribution is 0.638. The van der Waals surface area contributed by atoms with Crippen molar-refractivity contribution in [2.24, 2.45) is 0 Å². The molecule has 1 nitrogen and oxygen atoms in total. The Balaban J connectivity index is 1.96. The van der Waals surface area contributed by atoms with Crippen molar-refractivity contribution < 1.29 is 0 Å². The standard InChI is InChI=1S/C19H25NS/c1-4-20-19(16-10-9-13(2)14(3)11-16)18-12-15-7-5-6-8-17(15)21-18/h9-12,19-20H,4-8H2,1-3H3. The van der Waals surface area contributed by atoms with Gasteiger partial charge in [0.05, 0.1) is 6.04 Å². The minimum atomic E-state index is 0.352. The maximum Gasteiger partial charge on any atom is 0.0671 e. The van der Waals surface area contributed by atoms with E-state index in [0.29, 0.717) is 6.04 Å². The summed E-state index contributed by atoms with van der Waals surface area (Å²) in [4.78, 5) is 3.12. The summed E-state index contributed by atoms with van der Waals surface area (Å²) < 4.78 is 0. The van der Waals surface area contributed by atoms with Crippen molar-refractivity contribution >= 4 is 11.3 Å². The van der Waals surface area contributed by atoms with E-state index in [1.54, 1.807) is 10.4 Å². The van der Waals surface area contributed by atoms with Crippen LogP contribution >= 0.6 is 11.3 Å². The molecule has 0 amide bonds. The number of aryl methyl sites for hydroxylation is 4. The van der Waals surface area contributed by atoms with Gasteiger partial charge in [0.15, 0.2) is 0 Å². The summed E-state index contributed by atoms with van der Waals surface area (Å²) in [7, 11) is 0. The second-order valence-corrected chi connectivity index (χ2v) is 7.31. The van der Waals surface area contributed by atoms with Crippen molar-refractivity contribution in [1.82, 2.24) is 5.32 Å². The van der Waals surface area contributed by atoms with Gasteiger partial charge in [-0.15, -0.1) is 11.3 Å². The van der Waals surface area contributed by atoms with Crippen LogP contribution in [0.1, 0.15) is 57.8 Å². The molecule has 0 saturated heterocycles. The third-order valence-electron chi connectivity index (χ3n) is 4.57. The molecule has 1 aliphatic rings. The molecule has 0 fully saturated rings. The molecule has 0 saturated carbocycles. The predicted octanol–water partition coefficient (Wildman–Crippen LogP) is 4.94. The van der Waals surface area contributed by atoms with E-state index >= 15 is 0 Å². The summed E-state index contributed by atoms with van der Waals surface area (Å²) in [6.07, 6.45) is 5.28. The third-order valence-corrected chi connectivity index (χ3v) is 5.87. The highest BCUT2D eigenvalue weighted by atomic mass is 32.1. The molecule has 1 heterocycles. The maximum atomic E-state index is 3.68. The third kappa shape index (κ3) is 3.07. The highest BCUT2D eigenvalue weighted by Crippen LogP contribution is 2.35. The molecule has 2 aromatic rings. The summed E-state index contributed by atoms with van der Waals surface area (Å²) in [6.45, 7) is 7.59. The molecule has 0 spiro atoms. The molecule has 2 heteroatoms. The molecule has 1 aromatic heterocycles. The van der Waals surface area contributed by atoms with Gasteiger partial charge in [-0.2, -0.15) is 0 Å².